The molecule has 0 aliphatic carbocycles. The molecule has 1 aromatic carbocycles. The number of fused-ring (bicyclic) bond motifs is 1. The maximum Gasteiger partial charge on any atom is 0.221 e. The third kappa shape index (κ3) is 3.11. The van der Waals surface area contributed by atoms with Crippen LogP contribution >= 0.6 is 35.4 Å². The summed E-state index contributed by atoms with van der Waals surface area (Å²) in [6.07, 6.45) is 0.370. The number of hydrogen-bond donors (Lipinski definition) is 2. The van der Waals surface area contributed by atoms with Crippen molar-refractivity contribution in [1.82, 2.24) is 14.9 Å². The van der Waals surface area contributed by atoms with E-state index in [0.29, 0.717) is 34.3 Å². The Morgan fingerprint density at radius 1 is 1.42 bits per heavy atom. The van der Waals surface area contributed by atoms with E-state index >= 15 is 0 Å². The van der Waals surface area contributed by atoms with Crippen LogP contribution in [-0.2, 0) is 11.3 Å². The summed E-state index contributed by atoms with van der Waals surface area (Å²) in [6, 6.07) is 3.49. The molecule has 2 aromatic rings. The summed E-state index contributed by atoms with van der Waals surface area (Å²) >= 11 is 17.2. The van der Waals surface area contributed by atoms with Crippen LogP contribution in [0.1, 0.15) is 13.3 Å². The number of amides is 1. The summed E-state index contributed by atoms with van der Waals surface area (Å²) in [5.74, 6) is -0.00110. The lowest BCUT2D eigenvalue weighted by Gasteiger charge is -2.05. The van der Waals surface area contributed by atoms with Crippen molar-refractivity contribution in [2.45, 2.75) is 19.9 Å². The lowest BCUT2D eigenvalue weighted by atomic mass is 10.3. The fourth-order valence-corrected chi connectivity index (χ4v) is 2.49. The second kappa shape index (κ2) is 5.94. The smallest absolute Gasteiger partial charge is 0.221 e. The van der Waals surface area contributed by atoms with Gasteiger partial charge in [-0.15, -0.1) is 0 Å². The van der Waals surface area contributed by atoms with Crippen LogP contribution in [0.5, 0.6) is 0 Å². The second-order valence-corrected chi connectivity index (χ2v) is 5.27. The Morgan fingerprint density at radius 2 is 2.11 bits per heavy atom. The second-order valence-electron chi connectivity index (χ2n) is 4.07. The largest absolute Gasteiger partial charge is 0.356 e. The molecule has 0 saturated carbocycles. The molecule has 0 radical (unpaired) electrons. The first kappa shape index (κ1) is 14.4. The number of benzene rings is 1. The van der Waals surface area contributed by atoms with Gasteiger partial charge < -0.3 is 14.9 Å². The Hall–Kier alpha value is -1.04. The van der Waals surface area contributed by atoms with Crippen molar-refractivity contribution in [2.24, 2.45) is 0 Å². The van der Waals surface area contributed by atoms with Gasteiger partial charge in [-0.1, -0.05) is 23.2 Å². The number of imidazole rings is 1. The minimum atomic E-state index is -0.00110. The number of aromatic amines is 1. The summed E-state index contributed by atoms with van der Waals surface area (Å²) in [7, 11) is 0. The molecule has 7 heteroatoms. The number of hydrogen-bond acceptors (Lipinski definition) is 2. The van der Waals surface area contributed by atoms with Crippen LogP contribution in [0.4, 0.5) is 0 Å². The van der Waals surface area contributed by atoms with Crippen LogP contribution < -0.4 is 5.32 Å². The number of nitrogens with zero attached hydrogens (tertiary/aromatic N) is 1. The van der Waals surface area contributed by atoms with E-state index in [1.165, 1.54) is 0 Å². The number of nitrogens with one attached hydrogen (secondary N) is 2. The first-order valence-electron chi connectivity index (χ1n) is 5.87. The minimum Gasteiger partial charge on any atom is -0.356 e. The van der Waals surface area contributed by atoms with Gasteiger partial charge in [-0.25, -0.2) is 0 Å². The van der Waals surface area contributed by atoms with Crippen molar-refractivity contribution in [3.05, 3.63) is 26.9 Å². The normalized spacial score (nSPS) is 10.9. The summed E-state index contributed by atoms with van der Waals surface area (Å²) in [5, 5.41) is 3.69. The van der Waals surface area contributed by atoms with Gasteiger partial charge in [-0.05, 0) is 31.3 Å². The number of aromatic nitrogens is 2. The van der Waals surface area contributed by atoms with Crippen molar-refractivity contribution in [3.63, 3.8) is 0 Å². The van der Waals surface area contributed by atoms with Crippen LogP contribution in [0.3, 0.4) is 0 Å². The van der Waals surface area contributed by atoms with Crippen LogP contribution in [0.15, 0.2) is 12.1 Å². The Morgan fingerprint density at radius 3 is 2.79 bits per heavy atom. The number of aryl methyl sites for hydroxylation is 1. The maximum absolute atomic E-state index is 11.5. The highest BCUT2D eigenvalue weighted by atomic mass is 35.5. The Bertz CT molecular complexity index is 677. The van der Waals surface area contributed by atoms with Crippen molar-refractivity contribution in [2.75, 3.05) is 6.54 Å². The number of carbonyl (C=O) groups excluding carboxylic acids is 1. The van der Waals surface area contributed by atoms with Crippen molar-refractivity contribution < 1.29 is 4.79 Å². The van der Waals surface area contributed by atoms with Gasteiger partial charge >= 0.3 is 0 Å². The number of halogens is 2. The molecule has 1 aromatic heterocycles. The molecule has 0 saturated heterocycles. The third-order valence-electron chi connectivity index (χ3n) is 2.75. The van der Waals surface area contributed by atoms with Gasteiger partial charge in [0.15, 0.2) is 4.77 Å². The van der Waals surface area contributed by atoms with Gasteiger partial charge in [-0.3, -0.25) is 4.79 Å². The molecule has 1 heterocycles. The molecular weight excluding hydrogens is 305 g/mol. The monoisotopic (exact) mass is 317 g/mol. The number of H-pyrrole nitrogens is 1. The highest BCUT2D eigenvalue weighted by Crippen LogP contribution is 2.27. The predicted molar refractivity (Wildman–Crippen MR) is 80.4 cm³/mol. The van der Waals surface area contributed by atoms with Crippen molar-refractivity contribution >= 4 is 52.4 Å². The van der Waals surface area contributed by atoms with Crippen LogP contribution in [0.25, 0.3) is 11.0 Å². The Kier molecular flexibility index (Phi) is 4.50. The fraction of sp³-hybridized carbons (Fsp3) is 0.333. The topological polar surface area (TPSA) is 49.8 Å². The zero-order valence-electron chi connectivity index (χ0n) is 10.3. The van der Waals surface area contributed by atoms with Gasteiger partial charge in [0.25, 0.3) is 0 Å². The average Bonchev–Trinajstić information content (AvgIpc) is 2.63. The molecule has 0 fully saturated rings. The molecule has 0 spiro atoms. The number of rotatable bonds is 4. The van der Waals surface area contributed by atoms with Gasteiger partial charge in [0, 0.05) is 19.5 Å². The van der Waals surface area contributed by atoms with Gasteiger partial charge in [0.2, 0.25) is 5.91 Å². The molecule has 102 valence electrons. The van der Waals surface area contributed by atoms with E-state index in [4.69, 9.17) is 35.4 Å². The van der Waals surface area contributed by atoms with E-state index in [2.05, 4.69) is 10.3 Å². The van der Waals surface area contributed by atoms with E-state index < -0.39 is 0 Å². The van der Waals surface area contributed by atoms with E-state index in [1.54, 1.807) is 12.1 Å². The quantitative estimate of drug-likeness (QED) is 0.847. The van der Waals surface area contributed by atoms with E-state index in [-0.39, 0.29) is 5.91 Å². The zero-order valence-corrected chi connectivity index (χ0v) is 12.6. The molecule has 0 atom stereocenters. The zero-order chi connectivity index (χ0) is 14.0. The molecule has 1 amide bonds. The summed E-state index contributed by atoms with van der Waals surface area (Å²) in [5.41, 5.74) is 1.67. The van der Waals surface area contributed by atoms with Crippen molar-refractivity contribution in [3.8, 4) is 0 Å². The molecule has 0 aliphatic heterocycles. The standard InChI is InChI=1S/C12H13Cl2N3OS/c1-2-15-11(18)3-4-17-10-6-8(14)7(13)5-9(10)16-12(17)19/h5-6H,2-4H2,1H3,(H,15,18)(H,16,19). The highest BCUT2D eigenvalue weighted by Gasteiger charge is 2.09. The first-order chi connectivity index (χ1) is 9.02. The molecule has 19 heavy (non-hydrogen) atoms. The molecule has 0 aliphatic rings. The van der Waals surface area contributed by atoms with E-state index in [0.717, 1.165) is 11.0 Å². The molecule has 2 rings (SSSR count). The molecule has 0 unspecified atom stereocenters. The molecule has 0 bridgehead atoms. The van der Waals surface area contributed by atoms with Crippen LogP contribution in [-0.4, -0.2) is 22.0 Å². The summed E-state index contributed by atoms with van der Waals surface area (Å²) in [6.45, 7) is 3.01. The summed E-state index contributed by atoms with van der Waals surface area (Å²) in [4.78, 5) is 14.5. The molecule has 2 N–H and O–H groups in total. The number of carbonyl (C=O) groups is 1. The Balaban J connectivity index is 2.32. The van der Waals surface area contributed by atoms with Crippen LogP contribution in [0, 0.1) is 4.77 Å². The van der Waals surface area contributed by atoms with Gasteiger partial charge in [-0.2, -0.15) is 0 Å². The molecule has 4 nitrogen and oxygen atoms in total. The van der Waals surface area contributed by atoms with Gasteiger partial charge in [0.1, 0.15) is 0 Å². The molecular formula is C12H13Cl2N3OS. The Labute approximate surface area is 125 Å². The third-order valence-corrected chi connectivity index (χ3v) is 3.80. The van der Waals surface area contributed by atoms with Crippen LogP contribution in [0.2, 0.25) is 10.0 Å². The van der Waals surface area contributed by atoms with E-state index in [1.807, 2.05) is 11.5 Å². The highest BCUT2D eigenvalue weighted by molar-refractivity contribution is 7.71. The first-order valence-corrected chi connectivity index (χ1v) is 7.03. The minimum absolute atomic E-state index is 0.00110. The maximum atomic E-state index is 11.5. The van der Waals surface area contributed by atoms with E-state index in [9.17, 15) is 4.79 Å². The average molecular weight is 318 g/mol. The SMILES string of the molecule is CCNC(=O)CCn1c(=S)[nH]c2cc(Cl)c(Cl)cc21. The van der Waals surface area contributed by atoms with Gasteiger partial charge in [0.05, 0.1) is 21.1 Å². The fourth-order valence-electron chi connectivity index (χ4n) is 1.87. The lowest BCUT2D eigenvalue weighted by molar-refractivity contribution is -0.121. The summed E-state index contributed by atoms with van der Waals surface area (Å²) < 4.78 is 2.40. The lowest BCUT2D eigenvalue weighted by Crippen LogP contribution is -2.23. The predicted octanol–water partition coefficient (Wildman–Crippen LogP) is 3.53. The van der Waals surface area contributed by atoms with Crippen molar-refractivity contribution in [1.29, 1.82) is 0 Å².